The fourth-order valence-electron chi connectivity index (χ4n) is 2.69. The van der Waals surface area contributed by atoms with Crippen LogP contribution in [0.1, 0.15) is 24.2 Å². The monoisotopic (exact) mass is 369 g/mol. The third kappa shape index (κ3) is 2.86. The van der Waals surface area contributed by atoms with Gasteiger partial charge in [0.1, 0.15) is 0 Å². The second-order valence-electron chi connectivity index (χ2n) is 5.78. The highest BCUT2D eigenvalue weighted by molar-refractivity contribution is 9.10. The van der Waals surface area contributed by atoms with E-state index in [-0.39, 0.29) is 22.8 Å². The number of pyridine rings is 1. The van der Waals surface area contributed by atoms with Crippen LogP contribution in [0.15, 0.2) is 57.8 Å². The van der Waals surface area contributed by atoms with Gasteiger partial charge < -0.3 is 4.98 Å². The SMILES string of the molecule is CC(C)C(=O)c1c(-c2ccccc2)c2cc(Br)ccc2[nH]c1=O. The lowest BCUT2D eigenvalue weighted by Gasteiger charge is -2.14. The fraction of sp³-hybridized carbons (Fsp3) is 0.158. The Labute approximate surface area is 142 Å². The van der Waals surface area contributed by atoms with E-state index in [0.29, 0.717) is 5.56 Å². The topological polar surface area (TPSA) is 49.9 Å². The van der Waals surface area contributed by atoms with Gasteiger partial charge >= 0.3 is 0 Å². The van der Waals surface area contributed by atoms with E-state index in [9.17, 15) is 9.59 Å². The van der Waals surface area contributed by atoms with Gasteiger partial charge in [-0.1, -0.05) is 60.1 Å². The van der Waals surface area contributed by atoms with Crippen LogP contribution in [0, 0.1) is 5.92 Å². The minimum Gasteiger partial charge on any atom is -0.321 e. The van der Waals surface area contributed by atoms with Crippen LogP contribution in [0.5, 0.6) is 0 Å². The minimum absolute atomic E-state index is 0.146. The van der Waals surface area contributed by atoms with E-state index in [1.807, 2.05) is 62.4 Å². The number of Topliss-reactive ketones (excluding diaryl/α,β-unsaturated/α-hetero) is 1. The van der Waals surface area contributed by atoms with Gasteiger partial charge in [0.25, 0.3) is 5.56 Å². The first-order valence-electron chi connectivity index (χ1n) is 7.44. The maximum absolute atomic E-state index is 12.7. The van der Waals surface area contributed by atoms with Crippen molar-refractivity contribution in [2.45, 2.75) is 13.8 Å². The third-order valence-electron chi connectivity index (χ3n) is 3.81. The summed E-state index contributed by atoms with van der Waals surface area (Å²) in [5, 5.41) is 0.856. The van der Waals surface area contributed by atoms with Gasteiger partial charge in [0.2, 0.25) is 0 Å². The Kier molecular flexibility index (Phi) is 4.18. The molecule has 1 N–H and O–H groups in total. The summed E-state index contributed by atoms with van der Waals surface area (Å²) in [5.41, 5.74) is 2.18. The van der Waals surface area contributed by atoms with Gasteiger partial charge in [-0.25, -0.2) is 0 Å². The van der Waals surface area contributed by atoms with Crippen molar-refractivity contribution >= 4 is 32.6 Å². The summed E-state index contributed by atoms with van der Waals surface area (Å²) in [4.78, 5) is 28.1. The Hall–Kier alpha value is -2.20. The predicted octanol–water partition coefficient (Wildman–Crippen LogP) is 4.80. The van der Waals surface area contributed by atoms with Crippen molar-refractivity contribution in [2.24, 2.45) is 5.92 Å². The Bertz CT molecular complexity index is 943. The molecule has 0 aliphatic rings. The average Bonchev–Trinajstić information content (AvgIpc) is 2.54. The summed E-state index contributed by atoms with van der Waals surface area (Å²) in [7, 11) is 0. The minimum atomic E-state index is -0.336. The van der Waals surface area contributed by atoms with Crippen LogP contribution in [0.2, 0.25) is 0 Å². The Balaban J connectivity index is 2.49. The lowest BCUT2D eigenvalue weighted by atomic mass is 9.91. The lowest BCUT2D eigenvalue weighted by molar-refractivity contribution is 0.0938. The summed E-state index contributed by atoms with van der Waals surface area (Å²) in [6.45, 7) is 3.61. The largest absolute Gasteiger partial charge is 0.321 e. The number of fused-ring (bicyclic) bond motifs is 1. The molecular weight excluding hydrogens is 354 g/mol. The molecule has 4 heteroatoms. The van der Waals surface area contributed by atoms with Crippen LogP contribution in [0.25, 0.3) is 22.0 Å². The number of H-pyrrole nitrogens is 1. The highest BCUT2D eigenvalue weighted by Crippen LogP contribution is 2.32. The zero-order valence-corrected chi connectivity index (χ0v) is 14.5. The van der Waals surface area contributed by atoms with Gasteiger partial charge in [0.05, 0.1) is 5.56 Å². The Morgan fingerprint density at radius 3 is 2.43 bits per heavy atom. The maximum atomic E-state index is 12.7. The van der Waals surface area contributed by atoms with Crippen molar-refractivity contribution in [3.8, 4) is 11.1 Å². The van der Waals surface area contributed by atoms with E-state index in [1.165, 1.54) is 0 Å². The summed E-state index contributed by atoms with van der Waals surface area (Å²) in [5.74, 6) is -0.393. The number of benzene rings is 2. The van der Waals surface area contributed by atoms with E-state index in [0.717, 1.165) is 20.9 Å². The van der Waals surface area contributed by atoms with Crippen molar-refractivity contribution in [1.82, 2.24) is 4.98 Å². The zero-order chi connectivity index (χ0) is 16.6. The van der Waals surface area contributed by atoms with Crippen LogP contribution in [-0.2, 0) is 0 Å². The maximum Gasteiger partial charge on any atom is 0.259 e. The molecule has 0 saturated carbocycles. The van der Waals surface area contributed by atoms with Crippen molar-refractivity contribution < 1.29 is 4.79 Å². The Morgan fingerprint density at radius 2 is 1.78 bits per heavy atom. The molecule has 0 unspecified atom stereocenters. The number of halogens is 1. The van der Waals surface area contributed by atoms with Gasteiger partial charge in [-0.15, -0.1) is 0 Å². The van der Waals surface area contributed by atoms with Crippen molar-refractivity contribution in [2.75, 3.05) is 0 Å². The van der Waals surface area contributed by atoms with Gasteiger partial charge in [-0.3, -0.25) is 9.59 Å². The number of carbonyl (C=O) groups is 1. The molecule has 116 valence electrons. The number of hydrogen-bond acceptors (Lipinski definition) is 2. The molecule has 0 aliphatic carbocycles. The molecule has 2 aromatic carbocycles. The molecule has 23 heavy (non-hydrogen) atoms. The van der Waals surface area contributed by atoms with E-state index in [2.05, 4.69) is 20.9 Å². The van der Waals surface area contributed by atoms with Gasteiger partial charge in [-0.2, -0.15) is 0 Å². The first kappa shape index (κ1) is 15.7. The molecule has 0 amide bonds. The second-order valence-corrected chi connectivity index (χ2v) is 6.69. The molecule has 3 rings (SSSR count). The Morgan fingerprint density at radius 1 is 1.09 bits per heavy atom. The first-order chi connectivity index (χ1) is 11.0. The molecule has 0 aliphatic heterocycles. The smallest absolute Gasteiger partial charge is 0.259 e. The molecule has 0 bridgehead atoms. The molecule has 1 aromatic heterocycles. The quantitative estimate of drug-likeness (QED) is 0.674. The fourth-order valence-corrected chi connectivity index (χ4v) is 3.05. The third-order valence-corrected chi connectivity index (χ3v) is 4.30. The molecule has 0 saturated heterocycles. The van der Waals surface area contributed by atoms with E-state index < -0.39 is 0 Å². The number of aromatic nitrogens is 1. The molecule has 3 aromatic rings. The summed E-state index contributed by atoms with van der Waals surface area (Å²) in [6, 6.07) is 15.2. The van der Waals surface area contributed by atoms with Crippen LogP contribution in [-0.4, -0.2) is 10.8 Å². The van der Waals surface area contributed by atoms with Gasteiger partial charge in [0, 0.05) is 26.9 Å². The summed E-state index contributed by atoms with van der Waals surface area (Å²) in [6.07, 6.45) is 0. The predicted molar refractivity (Wildman–Crippen MR) is 96.9 cm³/mol. The van der Waals surface area contributed by atoms with E-state index >= 15 is 0 Å². The molecule has 3 nitrogen and oxygen atoms in total. The zero-order valence-electron chi connectivity index (χ0n) is 12.9. The number of aromatic amines is 1. The standard InChI is InChI=1S/C19H16BrNO2/c1-11(2)18(22)17-16(12-6-4-3-5-7-12)14-10-13(20)8-9-15(14)21-19(17)23/h3-11H,1-2H3,(H,21,23). The number of carbonyl (C=O) groups excluding carboxylic acids is 1. The normalized spacial score (nSPS) is 11.1. The number of hydrogen-bond donors (Lipinski definition) is 1. The molecular formula is C19H16BrNO2. The first-order valence-corrected chi connectivity index (χ1v) is 8.23. The van der Waals surface area contributed by atoms with Crippen LogP contribution >= 0.6 is 15.9 Å². The highest BCUT2D eigenvalue weighted by Gasteiger charge is 2.22. The van der Waals surface area contributed by atoms with Crippen LogP contribution in [0.4, 0.5) is 0 Å². The summed E-state index contributed by atoms with van der Waals surface area (Å²) >= 11 is 3.47. The average molecular weight is 370 g/mol. The molecule has 1 heterocycles. The van der Waals surface area contributed by atoms with Crippen LogP contribution in [0.3, 0.4) is 0 Å². The second kappa shape index (κ2) is 6.13. The number of ketones is 1. The molecule has 0 spiro atoms. The molecule has 0 atom stereocenters. The van der Waals surface area contributed by atoms with E-state index in [1.54, 1.807) is 0 Å². The summed E-state index contributed by atoms with van der Waals surface area (Å²) < 4.78 is 0.900. The van der Waals surface area contributed by atoms with Gasteiger partial charge in [0.15, 0.2) is 5.78 Å². The van der Waals surface area contributed by atoms with Gasteiger partial charge in [-0.05, 0) is 23.8 Å². The molecule has 0 fully saturated rings. The van der Waals surface area contributed by atoms with E-state index in [4.69, 9.17) is 0 Å². The lowest BCUT2D eigenvalue weighted by Crippen LogP contribution is -2.22. The molecule has 0 radical (unpaired) electrons. The van der Waals surface area contributed by atoms with Crippen molar-refractivity contribution in [3.05, 3.63) is 68.9 Å². The van der Waals surface area contributed by atoms with Crippen molar-refractivity contribution in [1.29, 1.82) is 0 Å². The number of nitrogens with one attached hydrogen (secondary N) is 1. The van der Waals surface area contributed by atoms with Crippen molar-refractivity contribution in [3.63, 3.8) is 0 Å². The van der Waals surface area contributed by atoms with Crippen LogP contribution < -0.4 is 5.56 Å². The highest BCUT2D eigenvalue weighted by atomic mass is 79.9. The number of rotatable bonds is 3.